The number of nitrogens with zero attached hydrogens (tertiary/aromatic N) is 5. The van der Waals surface area contributed by atoms with Gasteiger partial charge in [-0.3, -0.25) is 0 Å². The summed E-state index contributed by atoms with van der Waals surface area (Å²) in [6.07, 6.45) is 7.82. The largest absolute Gasteiger partial charge is 0.493 e. The highest BCUT2D eigenvalue weighted by Gasteiger charge is 2.24. The molecule has 1 aliphatic heterocycles. The smallest absolute Gasteiger partial charge is 0.197 e. The Morgan fingerprint density at radius 1 is 1.09 bits per heavy atom. The Balaban J connectivity index is 1.46. The molecule has 0 bridgehead atoms. The van der Waals surface area contributed by atoms with Gasteiger partial charge in [0.1, 0.15) is 12.1 Å². The Kier molecular flexibility index (Phi) is 6.40. The molecule has 0 aromatic carbocycles. The van der Waals surface area contributed by atoms with Crippen molar-refractivity contribution in [1.29, 1.82) is 0 Å². The van der Waals surface area contributed by atoms with Crippen LogP contribution in [0.4, 0.5) is 5.82 Å². The second-order valence-corrected chi connectivity index (χ2v) is 10.4. The molecule has 1 atom stereocenters. The molecule has 186 valence electrons. The lowest BCUT2D eigenvalue weighted by Gasteiger charge is -2.35. The molecule has 5 rings (SSSR count). The zero-order valence-corrected chi connectivity index (χ0v) is 21.7. The van der Waals surface area contributed by atoms with Gasteiger partial charge in [-0.2, -0.15) is 5.10 Å². The van der Waals surface area contributed by atoms with Crippen LogP contribution in [-0.4, -0.2) is 56.8 Å². The minimum atomic E-state index is 0.332. The maximum absolute atomic E-state index is 5.61. The molecule has 1 aliphatic rings. The SMILES string of the molecule is COc1cc(-c2[nH]c3cnc(N4CCC(NC(C)C(C)C)CC4)cc3c2C(C)C)cn2ncnc12. The Morgan fingerprint density at radius 2 is 1.86 bits per heavy atom. The van der Waals surface area contributed by atoms with E-state index in [0.717, 1.165) is 48.5 Å². The van der Waals surface area contributed by atoms with Crippen molar-refractivity contribution < 1.29 is 4.74 Å². The van der Waals surface area contributed by atoms with Crippen molar-refractivity contribution in [3.05, 3.63) is 36.4 Å². The van der Waals surface area contributed by atoms with Gasteiger partial charge in [-0.05, 0) is 49.3 Å². The molecular formula is C27H37N7O. The van der Waals surface area contributed by atoms with Crippen LogP contribution in [0, 0.1) is 5.92 Å². The quantitative estimate of drug-likeness (QED) is 0.391. The maximum atomic E-state index is 5.61. The third kappa shape index (κ3) is 4.47. The number of aromatic nitrogens is 5. The van der Waals surface area contributed by atoms with Crippen molar-refractivity contribution in [3.63, 3.8) is 0 Å². The predicted octanol–water partition coefficient (Wildman–Crippen LogP) is 5.01. The zero-order valence-electron chi connectivity index (χ0n) is 21.7. The summed E-state index contributed by atoms with van der Waals surface area (Å²) in [7, 11) is 1.67. The van der Waals surface area contributed by atoms with E-state index in [1.54, 1.807) is 18.0 Å². The van der Waals surface area contributed by atoms with Crippen LogP contribution in [0.15, 0.2) is 30.9 Å². The molecule has 1 saturated heterocycles. The number of fused-ring (bicyclic) bond motifs is 2. The van der Waals surface area contributed by atoms with Gasteiger partial charge in [-0.15, -0.1) is 0 Å². The Hall–Kier alpha value is -3.13. The number of piperidine rings is 1. The molecule has 1 unspecified atom stereocenters. The molecule has 4 aromatic rings. The van der Waals surface area contributed by atoms with E-state index < -0.39 is 0 Å². The number of anilines is 1. The topological polar surface area (TPSA) is 83.4 Å². The van der Waals surface area contributed by atoms with Crippen LogP contribution in [0.1, 0.15) is 58.9 Å². The van der Waals surface area contributed by atoms with E-state index in [9.17, 15) is 0 Å². The van der Waals surface area contributed by atoms with Crippen LogP contribution in [-0.2, 0) is 0 Å². The van der Waals surface area contributed by atoms with Crippen molar-refractivity contribution in [2.75, 3.05) is 25.1 Å². The molecule has 0 spiro atoms. The monoisotopic (exact) mass is 475 g/mol. The number of aromatic amines is 1. The van der Waals surface area contributed by atoms with E-state index >= 15 is 0 Å². The zero-order chi connectivity index (χ0) is 24.7. The van der Waals surface area contributed by atoms with E-state index in [1.165, 1.54) is 10.9 Å². The van der Waals surface area contributed by atoms with Gasteiger partial charge in [-0.25, -0.2) is 14.5 Å². The summed E-state index contributed by atoms with van der Waals surface area (Å²) in [5, 5.41) is 9.38. The number of nitrogens with one attached hydrogen (secondary N) is 2. The molecule has 8 heteroatoms. The van der Waals surface area contributed by atoms with Crippen molar-refractivity contribution >= 4 is 22.4 Å². The maximum Gasteiger partial charge on any atom is 0.197 e. The number of ether oxygens (including phenoxy) is 1. The lowest BCUT2D eigenvalue weighted by molar-refractivity contribution is 0.331. The van der Waals surface area contributed by atoms with E-state index in [2.05, 4.69) is 66.0 Å². The summed E-state index contributed by atoms with van der Waals surface area (Å²) in [5.41, 5.74) is 5.14. The van der Waals surface area contributed by atoms with Gasteiger partial charge in [-0.1, -0.05) is 27.7 Å². The number of hydrogen-bond donors (Lipinski definition) is 2. The van der Waals surface area contributed by atoms with Crippen LogP contribution in [0.25, 0.3) is 27.8 Å². The molecule has 0 saturated carbocycles. The lowest BCUT2D eigenvalue weighted by Crippen LogP contribution is -2.47. The van der Waals surface area contributed by atoms with Gasteiger partial charge in [0.25, 0.3) is 0 Å². The fourth-order valence-corrected chi connectivity index (χ4v) is 5.13. The first-order valence-electron chi connectivity index (χ1n) is 12.8. The van der Waals surface area contributed by atoms with E-state index in [1.807, 2.05) is 18.5 Å². The van der Waals surface area contributed by atoms with Gasteiger partial charge in [0.05, 0.1) is 24.5 Å². The average Bonchev–Trinajstić information content (AvgIpc) is 3.48. The second-order valence-electron chi connectivity index (χ2n) is 10.4. The Morgan fingerprint density at radius 3 is 2.54 bits per heavy atom. The van der Waals surface area contributed by atoms with Crippen LogP contribution in [0.5, 0.6) is 5.75 Å². The number of hydrogen-bond acceptors (Lipinski definition) is 6. The highest BCUT2D eigenvalue weighted by molar-refractivity contribution is 5.92. The Labute approximate surface area is 207 Å². The lowest BCUT2D eigenvalue weighted by atomic mass is 9.96. The molecule has 4 aromatic heterocycles. The standard InChI is InChI=1S/C27H37N7O/c1-16(2)18(5)31-20-7-9-33(10-8-20)24-12-21-22(13-28-24)32-26(25(21)17(3)4)19-11-23(35-6)27-29-15-30-34(27)14-19/h11-18,20,31-32H,7-10H2,1-6H3. The number of H-pyrrole nitrogens is 1. The first kappa shape index (κ1) is 23.6. The number of methoxy groups -OCH3 is 1. The van der Waals surface area contributed by atoms with E-state index in [-0.39, 0.29) is 0 Å². The summed E-state index contributed by atoms with van der Waals surface area (Å²) in [6.45, 7) is 13.4. The third-order valence-corrected chi connectivity index (χ3v) is 7.45. The Bertz CT molecular complexity index is 1310. The van der Waals surface area contributed by atoms with Crippen LogP contribution < -0.4 is 15.0 Å². The van der Waals surface area contributed by atoms with Crippen molar-refractivity contribution in [2.24, 2.45) is 5.92 Å². The molecular weight excluding hydrogens is 438 g/mol. The predicted molar refractivity (Wildman–Crippen MR) is 141 cm³/mol. The van der Waals surface area contributed by atoms with Crippen molar-refractivity contribution in [3.8, 4) is 17.0 Å². The normalized spacial score (nSPS) is 16.2. The minimum Gasteiger partial charge on any atom is -0.493 e. The number of pyridine rings is 2. The fourth-order valence-electron chi connectivity index (χ4n) is 5.13. The molecule has 2 N–H and O–H groups in total. The van der Waals surface area contributed by atoms with Crippen molar-refractivity contribution in [2.45, 2.75) is 65.5 Å². The first-order chi connectivity index (χ1) is 16.9. The highest BCUT2D eigenvalue weighted by Crippen LogP contribution is 2.38. The van der Waals surface area contributed by atoms with Crippen LogP contribution in [0.3, 0.4) is 0 Å². The third-order valence-electron chi connectivity index (χ3n) is 7.45. The van der Waals surface area contributed by atoms with Crippen LogP contribution in [0.2, 0.25) is 0 Å². The van der Waals surface area contributed by atoms with Gasteiger partial charge < -0.3 is 19.9 Å². The molecule has 5 heterocycles. The van der Waals surface area contributed by atoms with Crippen molar-refractivity contribution in [1.82, 2.24) is 29.9 Å². The molecule has 8 nitrogen and oxygen atoms in total. The van der Waals surface area contributed by atoms with Gasteiger partial charge in [0.15, 0.2) is 11.4 Å². The molecule has 0 radical (unpaired) electrons. The summed E-state index contributed by atoms with van der Waals surface area (Å²) in [4.78, 5) is 15.2. The highest BCUT2D eigenvalue weighted by atomic mass is 16.5. The minimum absolute atomic E-state index is 0.332. The van der Waals surface area contributed by atoms with Crippen LogP contribution >= 0.6 is 0 Å². The summed E-state index contributed by atoms with van der Waals surface area (Å²) in [6, 6.07) is 5.42. The van der Waals surface area contributed by atoms with Gasteiger partial charge in [0, 0.05) is 42.3 Å². The fraction of sp³-hybridized carbons (Fsp3) is 0.519. The molecule has 0 aliphatic carbocycles. The van der Waals surface area contributed by atoms with Gasteiger partial charge in [0.2, 0.25) is 0 Å². The van der Waals surface area contributed by atoms with E-state index in [4.69, 9.17) is 9.72 Å². The molecule has 1 fully saturated rings. The van der Waals surface area contributed by atoms with Gasteiger partial charge >= 0.3 is 0 Å². The average molecular weight is 476 g/mol. The molecule has 0 amide bonds. The number of rotatable bonds is 7. The van der Waals surface area contributed by atoms with E-state index in [0.29, 0.717) is 35.3 Å². The first-order valence-corrected chi connectivity index (χ1v) is 12.8. The molecule has 35 heavy (non-hydrogen) atoms. The summed E-state index contributed by atoms with van der Waals surface area (Å²) in [5.74, 6) is 2.75. The summed E-state index contributed by atoms with van der Waals surface area (Å²) < 4.78 is 7.37. The summed E-state index contributed by atoms with van der Waals surface area (Å²) >= 11 is 0. The second kappa shape index (κ2) is 9.49.